The average Bonchev–Trinajstić information content (AvgIpc) is 3.31. The summed E-state index contributed by atoms with van der Waals surface area (Å²) in [6, 6.07) is -0.933. The molecule has 2 rings (SSSR count). The van der Waals surface area contributed by atoms with Gasteiger partial charge in [-0.15, -0.1) is 0 Å². The number of rotatable bonds is 40. The molecule has 386 valence electrons. The molecule has 0 aromatic carbocycles. The monoisotopic (exact) mass is 942 g/mol. The van der Waals surface area contributed by atoms with Crippen LogP contribution in [-0.4, -0.2) is 140 Å². The van der Waals surface area contributed by atoms with Crippen LogP contribution in [0.5, 0.6) is 0 Å². The van der Waals surface area contributed by atoms with Gasteiger partial charge in [-0.1, -0.05) is 166 Å². The lowest BCUT2D eigenvalue weighted by Gasteiger charge is -2.46. The fourth-order valence-corrected chi connectivity index (χ4v) is 8.48. The summed E-state index contributed by atoms with van der Waals surface area (Å²) >= 11 is 0. The quantitative estimate of drug-likeness (QED) is 0.0221. The minimum absolute atomic E-state index is 0.260. The molecule has 2 aliphatic heterocycles. The highest BCUT2D eigenvalue weighted by Crippen LogP contribution is 2.30. The average molecular weight is 942 g/mol. The van der Waals surface area contributed by atoms with Crippen molar-refractivity contribution in [3.8, 4) is 0 Å². The van der Waals surface area contributed by atoms with Crippen LogP contribution in [0.4, 0.5) is 0 Å². The van der Waals surface area contributed by atoms with Gasteiger partial charge in [-0.3, -0.25) is 4.79 Å². The van der Waals surface area contributed by atoms with Crippen LogP contribution in [0.3, 0.4) is 0 Å². The van der Waals surface area contributed by atoms with E-state index in [2.05, 4.69) is 43.5 Å². The van der Waals surface area contributed by atoms with E-state index in [1.807, 2.05) is 6.08 Å². The molecule has 0 spiro atoms. The van der Waals surface area contributed by atoms with E-state index in [9.17, 15) is 45.6 Å². The van der Waals surface area contributed by atoms with Crippen LogP contribution in [0, 0.1) is 0 Å². The van der Waals surface area contributed by atoms with Crippen LogP contribution in [-0.2, 0) is 23.7 Å². The van der Waals surface area contributed by atoms with Gasteiger partial charge in [0.05, 0.1) is 32.0 Å². The first kappa shape index (κ1) is 60.3. The molecule has 0 radical (unpaired) electrons. The van der Waals surface area contributed by atoms with Crippen molar-refractivity contribution in [2.24, 2.45) is 0 Å². The van der Waals surface area contributed by atoms with Crippen LogP contribution >= 0.6 is 0 Å². The van der Waals surface area contributed by atoms with E-state index in [0.29, 0.717) is 12.8 Å². The predicted octanol–water partition coefficient (Wildman–Crippen LogP) is 7.10. The third-order valence-corrected chi connectivity index (χ3v) is 12.8. The molecule has 2 aliphatic rings. The van der Waals surface area contributed by atoms with Crippen LogP contribution in [0.1, 0.15) is 194 Å². The van der Waals surface area contributed by atoms with E-state index >= 15 is 0 Å². The van der Waals surface area contributed by atoms with Gasteiger partial charge in [0.25, 0.3) is 0 Å². The second-order valence-electron chi connectivity index (χ2n) is 18.6. The summed E-state index contributed by atoms with van der Waals surface area (Å²) in [6.07, 6.45) is 27.6. The maximum Gasteiger partial charge on any atom is 0.220 e. The first-order chi connectivity index (χ1) is 32.1. The SMILES string of the molecule is CCCCC/C=C\CCCCCCCC(=O)NC(COC1OC(CO)C(OC2OC(CO)C(O)C(O)C2O)C(O)C1O)C(O)/C=C/CC/C=C/CCCCCCCCCCCCCCCC. The molecule has 66 heavy (non-hydrogen) atoms. The smallest absolute Gasteiger partial charge is 0.220 e. The van der Waals surface area contributed by atoms with Crippen molar-refractivity contribution >= 4 is 5.91 Å². The van der Waals surface area contributed by atoms with Crippen molar-refractivity contribution in [1.82, 2.24) is 5.32 Å². The van der Waals surface area contributed by atoms with Crippen molar-refractivity contribution in [2.45, 2.75) is 267 Å². The Morgan fingerprint density at radius 2 is 0.970 bits per heavy atom. The van der Waals surface area contributed by atoms with Crippen molar-refractivity contribution in [1.29, 1.82) is 0 Å². The number of allylic oxidation sites excluding steroid dienone is 5. The summed E-state index contributed by atoms with van der Waals surface area (Å²) in [4.78, 5) is 13.1. The van der Waals surface area contributed by atoms with E-state index in [1.165, 1.54) is 109 Å². The molecule has 0 aliphatic carbocycles. The summed E-state index contributed by atoms with van der Waals surface area (Å²) in [5.74, 6) is -0.260. The Bertz CT molecular complexity index is 1250. The van der Waals surface area contributed by atoms with Crippen molar-refractivity contribution in [3.63, 3.8) is 0 Å². The number of carbonyl (C=O) groups is 1. The number of unbranched alkanes of at least 4 members (excludes halogenated alkanes) is 23. The molecule has 14 nitrogen and oxygen atoms in total. The summed E-state index contributed by atoms with van der Waals surface area (Å²) in [6.45, 7) is 2.73. The minimum atomic E-state index is -1.79. The molecule has 12 unspecified atom stereocenters. The van der Waals surface area contributed by atoms with Gasteiger partial charge in [0.1, 0.15) is 48.8 Å². The van der Waals surface area contributed by atoms with E-state index in [0.717, 1.165) is 51.4 Å². The minimum Gasteiger partial charge on any atom is -0.394 e. The Kier molecular flexibility index (Phi) is 35.6. The normalized spacial score (nSPS) is 27.1. The zero-order chi connectivity index (χ0) is 48.2. The predicted molar refractivity (Wildman–Crippen MR) is 258 cm³/mol. The molecule has 12 atom stereocenters. The lowest BCUT2D eigenvalue weighted by atomic mass is 9.97. The Hall–Kier alpha value is -1.79. The third kappa shape index (κ3) is 25.7. The van der Waals surface area contributed by atoms with Gasteiger partial charge in [-0.05, 0) is 57.8 Å². The number of amides is 1. The van der Waals surface area contributed by atoms with Gasteiger partial charge >= 0.3 is 0 Å². The number of carbonyl (C=O) groups excluding carboxylic acids is 1. The second kappa shape index (κ2) is 39.0. The highest BCUT2D eigenvalue weighted by Gasteiger charge is 2.51. The molecule has 2 fully saturated rings. The zero-order valence-corrected chi connectivity index (χ0v) is 40.9. The second-order valence-corrected chi connectivity index (χ2v) is 18.6. The molecule has 2 heterocycles. The van der Waals surface area contributed by atoms with Gasteiger partial charge < -0.3 is 65.1 Å². The Balaban J connectivity index is 1.84. The Morgan fingerprint density at radius 1 is 0.530 bits per heavy atom. The van der Waals surface area contributed by atoms with Crippen LogP contribution in [0.15, 0.2) is 36.5 Å². The molecule has 2 saturated heterocycles. The molecule has 0 aromatic rings. The van der Waals surface area contributed by atoms with E-state index in [-0.39, 0.29) is 18.9 Å². The van der Waals surface area contributed by atoms with E-state index in [4.69, 9.17) is 18.9 Å². The van der Waals surface area contributed by atoms with Gasteiger partial charge in [0.2, 0.25) is 5.91 Å². The number of hydrogen-bond donors (Lipinski definition) is 9. The highest BCUT2D eigenvalue weighted by atomic mass is 16.7. The third-order valence-electron chi connectivity index (χ3n) is 12.8. The van der Waals surface area contributed by atoms with E-state index in [1.54, 1.807) is 6.08 Å². The van der Waals surface area contributed by atoms with Gasteiger partial charge in [0, 0.05) is 6.42 Å². The summed E-state index contributed by atoms with van der Waals surface area (Å²) in [5.41, 5.74) is 0. The fourth-order valence-electron chi connectivity index (χ4n) is 8.48. The van der Waals surface area contributed by atoms with E-state index < -0.39 is 86.8 Å². The zero-order valence-electron chi connectivity index (χ0n) is 40.9. The van der Waals surface area contributed by atoms with Gasteiger partial charge in [-0.2, -0.15) is 0 Å². The maximum atomic E-state index is 13.1. The number of ether oxygens (including phenoxy) is 4. The number of aliphatic hydroxyl groups excluding tert-OH is 8. The topological polar surface area (TPSA) is 228 Å². The molecule has 14 heteroatoms. The summed E-state index contributed by atoms with van der Waals surface area (Å²) in [7, 11) is 0. The molecular weight excluding hydrogens is 847 g/mol. The van der Waals surface area contributed by atoms with Crippen LogP contribution < -0.4 is 5.32 Å². The fraction of sp³-hybridized carbons (Fsp3) is 0.865. The van der Waals surface area contributed by atoms with Crippen LogP contribution in [0.25, 0.3) is 0 Å². The van der Waals surface area contributed by atoms with Crippen molar-refractivity contribution in [2.75, 3.05) is 19.8 Å². The lowest BCUT2D eigenvalue weighted by molar-refractivity contribution is -0.359. The van der Waals surface area contributed by atoms with Crippen molar-refractivity contribution < 1.29 is 64.6 Å². The molecular formula is C52H95NO13. The first-order valence-electron chi connectivity index (χ1n) is 26.2. The first-order valence-corrected chi connectivity index (χ1v) is 26.2. The summed E-state index contributed by atoms with van der Waals surface area (Å²) < 4.78 is 22.7. The Labute approximate surface area is 398 Å². The maximum absolute atomic E-state index is 13.1. The largest absolute Gasteiger partial charge is 0.394 e. The molecule has 1 amide bonds. The molecule has 0 saturated carbocycles. The molecule has 9 N–H and O–H groups in total. The summed E-state index contributed by atoms with van der Waals surface area (Å²) in [5, 5.41) is 86.7. The standard InChI is InChI=1S/C52H95NO13/c1-3-5-7-9-11-13-15-17-18-19-20-21-22-23-24-25-27-29-31-33-35-41(56)40(53-44(57)36-34-32-30-28-26-16-14-12-10-8-6-4-2)39-63-51-49(62)47(60)50(43(38-55)65-51)66-52-48(61)46(59)45(58)42(37-54)64-52/h12,14,25,27,33,35,40-43,45-52,54-56,58-62H,3-11,13,15-24,26,28-32,34,36-39H2,1-2H3,(H,53,57)/b14-12-,27-25+,35-33+. The number of hydrogen-bond acceptors (Lipinski definition) is 13. The highest BCUT2D eigenvalue weighted by molar-refractivity contribution is 5.76. The van der Waals surface area contributed by atoms with Gasteiger partial charge in [-0.25, -0.2) is 0 Å². The van der Waals surface area contributed by atoms with Crippen LogP contribution in [0.2, 0.25) is 0 Å². The lowest BCUT2D eigenvalue weighted by Crippen LogP contribution is -2.65. The Morgan fingerprint density at radius 3 is 1.52 bits per heavy atom. The van der Waals surface area contributed by atoms with Crippen molar-refractivity contribution in [3.05, 3.63) is 36.5 Å². The van der Waals surface area contributed by atoms with Gasteiger partial charge in [0.15, 0.2) is 12.6 Å². The number of nitrogens with one attached hydrogen (secondary N) is 1. The molecule has 0 bridgehead atoms. The number of aliphatic hydroxyl groups is 8. The molecule has 0 aromatic heterocycles.